The van der Waals surface area contributed by atoms with E-state index < -0.39 is 36.4 Å². The Kier molecular flexibility index (Phi) is 8.79. The lowest BCUT2D eigenvalue weighted by Crippen LogP contribution is -2.54. The molecule has 39 heavy (non-hydrogen) atoms. The smallest absolute Gasteiger partial charge is 0.389 e. The van der Waals surface area contributed by atoms with Gasteiger partial charge in [0, 0.05) is 36.1 Å². The van der Waals surface area contributed by atoms with Gasteiger partial charge in [-0.25, -0.2) is 0 Å². The van der Waals surface area contributed by atoms with Gasteiger partial charge in [0.1, 0.15) is 0 Å². The van der Waals surface area contributed by atoms with E-state index in [-0.39, 0.29) is 24.7 Å². The van der Waals surface area contributed by atoms with Crippen LogP contribution < -0.4 is 11.5 Å². The van der Waals surface area contributed by atoms with Crippen LogP contribution in [0.25, 0.3) is 0 Å². The number of nitrogens with two attached hydrogens (primary N) is 2. The Bertz CT molecular complexity index is 983. The molecule has 4 rings (SSSR count). The van der Waals surface area contributed by atoms with Crippen molar-refractivity contribution in [2.45, 2.75) is 112 Å². The van der Waals surface area contributed by atoms with Gasteiger partial charge in [0.15, 0.2) is 0 Å². The van der Waals surface area contributed by atoms with Gasteiger partial charge in [0.2, 0.25) is 0 Å². The van der Waals surface area contributed by atoms with Crippen LogP contribution in [0.5, 0.6) is 0 Å². The first-order chi connectivity index (χ1) is 18.3. The van der Waals surface area contributed by atoms with Crippen LogP contribution in [0, 0.1) is 0 Å². The number of ether oxygens (including phenoxy) is 1. The largest absolute Gasteiger partial charge is 0.399 e. The van der Waals surface area contributed by atoms with E-state index in [4.69, 9.17) is 16.2 Å². The minimum atomic E-state index is -4.42. The van der Waals surface area contributed by atoms with E-state index >= 15 is 0 Å². The van der Waals surface area contributed by atoms with Crippen molar-refractivity contribution in [2.24, 2.45) is 0 Å². The normalized spacial score (nSPS) is 28.4. The van der Waals surface area contributed by atoms with Gasteiger partial charge >= 0.3 is 12.4 Å². The molecule has 3 nitrogen and oxygen atoms in total. The van der Waals surface area contributed by atoms with Crippen LogP contribution in [0.3, 0.4) is 0 Å². The van der Waals surface area contributed by atoms with Crippen molar-refractivity contribution in [2.75, 3.05) is 11.5 Å². The first kappa shape index (κ1) is 29.6. The fraction of sp³-hybridized carbons (Fsp3) is 0.600. The highest BCUT2D eigenvalue weighted by atomic mass is 19.4. The molecule has 0 radical (unpaired) electrons. The van der Waals surface area contributed by atoms with E-state index in [1.165, 1.54) is 0 Å². The molecular formula is C30H38F6N2O. The van der Waals surface area contributed by atoms with Crippen molar-refractivity contribution in [1.82, 2.24) is 0 Å². The van der Waals surface area contributed by atoms with Crippen LogP contribution in [-0.4, -0.2) is 23.6 Å². The van der Waals surface area contributed by atoms with E-state index in [0.717, 1.165) is 24.0 Å². The lowest BCUT2D eigenvalue weighted by atomic mass is 9.66. The maximum Gasteiger partial charge on any atom is 0.389 e. The van der Waals surface area contributed by atoms with Gasteiger partial charge in [-0.15, -0.1) is 0 Å². The maximum atomic E-state index is 13.7. The molecule has 4 atom stereocenters. The van der Waals surface area contributed by atoms with Gasteiger partial charge in [-0.2, -0.15) is 26.3 Å². The topological polar surface area (TPSA) is 61.3 Å². The molecule has 0 spiro atoms. The summed E-state index contributed by atoms with van der Waals surface area (Å²) in [7, 11) is 0. The van der Waals surface area contributed by atoms with E-state index in [0.29, 0.717) is 49.9 Å². The van der Waals surface area contributed by atoms with Crippen molar-refractivity contribution < 1.29 is 31.1 Å². The van der Waals surface area contributed by atoms with Gasteiger partial charge in [-0.3, -0.25) is 0 Å². The maximum absolute atomic E-state index is 13.7. The number of hydrogen-bond acceptors (Lipinski definition) is 3. The third-order valence-corrected chi connectivity index (χ3v) is 8.70. The summed E-state index contributed by atoms with van der Waals surface area (Å²) in [5.74, 6) is -0.767. The Morgan fingerprint density at radius 3 is 1.31 bits per heavy atom. The standard InChI is InChI=1S/C30H38F6N2O/c31-29(32,33)19-17-27(15-3-1-5-25(27)21-7-11-23(37)12-8-21)39-28(18-20-30(34,35)36)16-4-2-6-26(28)22-9-13-24(38)14-10-22/h7-14,25-26H,1-6,15-20,37-38H2. The number of nitrogen functional groups attached to an aromatic ring is 2. The Morgan fingerprint density at radius 1 is 0.615 bits per heavy atom. The zero-order chi connectivity index (χ0) is 28.3. The van der Waals surface area contributed by atoms with Crippen molar-refractivity contribution in [1.29, 1.82) is 0 Å². The minimum Gasteiger partial charge on any atom is -0.399 e. The zero-order valence-corrected chi connectivity index (χ0v) is 22.1. The highest BCUT2D eigenvalue weighted by Crippen LogP contribution is 2.56. The fourth-order valence-electron chi connectivity index (χ4n) is 6.87. The van der Waals surface area contributed by atoms with Crippen LogP contribution >= 0.6 is 0 Å². The summed E-state index contributed by atoms with van der Waals surface area (Å²) in [5.41, 5.74) is 12.0. The molecule has 2 saturated carbocycles. The first-order valence-electron chi connectivity index (χ1n) is 13.9. The zero-order valence-electron chi connectivity index (χ0n) is 22.1. The van der Waals surface area contributed by atoms with Crippen molar-refractivity contribution in [3.8, 4) is 0 Å². The van der Waals surface area contributed by atoms with Gasteiger partial charge in [0.05, 0.1) is 11.2 Å². The molecule has 0 amide bonds. The Hall–Kier alpha value is -2.42. The van der Waals surface area contributed by atoms with Crippen LogP contribution in [0.1, 0.15) is 100 Å². The highest BCUT2D eigenvalue weighted by Gasteiger charge is 2.53. The molecule has 2 aliphatic carbocycles. The fourth-order valence-corrected chi connectivity index (χ4v) is 6.87. The molecule has 9 heteroatoms. The molecule has 0 aliphatic heterocycles. The predicted molar refractivity (Wildman–Crippen MR) is 141 cm³/mol. The molecule has 0 saturated heterocycles. The van der Waals surface area contributed by atoms with E-state index in [2.05, 4.69) is 0 Å². The van der Waals surface area contributed by atoms with Gasteiger partial charge in [-0.1, -0.05) is 49.9 Å². The highest BCUT2D eigenvalue weighted by molar-refractivity contribution is 5.42. The SMILES string of the molecule is Nc1ccc(C2CCCCC2(CCC(F)(F)F)OC2(CCC(F)(F)F)CCCCC2c2ccc(N)cc2)cc1. The summed E-state index contributed by atoms with van der Waals surface area (Å²) in [4.78, 5) is 0. The second kappa shape index (κ2) is 11.6. The minimum absolute atomic E-state index is 0.298. The molecule has 2 aromatic carbocycles. The second-order valence-corrected chi connectivity index (χ2v) is 11.4. The molecule has 216 valence electrons. The summed E-state index contributed by atoms with van der Waals surface area (Å²) in [6, 6.07) is 14.1. The number of rotatable bonds is 8. The van der Waals surface area contributed by atoms with Crippen LogP contribution in [0.2, 0.25) is 0 Å². The van der Waals surface area contributed by atoms with E-state index in [1.807, 2.05) is 24.3 Å². The summed E-state index contributed by atoms with van der Waals surface area (Å²) in [6.07, 6.45) is -6.68. The monoisotopic (exact) mass is 556 g/mol. The summed E-state index contributed by atoms with van der Waals surface area (Å²) in [6.45, 7) is 0. The Balaban J connectivity index is 1.82. The molecule has 4 N–H and O–H groups in total. The van der Waals surface area contributed by atoms with E-state index in [9.17, 15) is 26.3 Å². The van der Waals surface area contributed by atoms with Crippen molar-refractivity contribution in [3.63, 3.8) is 0 Å². The molecule has 0 bridgehead atoms. The third-order valence-electron chi connectivity index (χ3n) is 8.70. The molecule has 2 aliphatic rings. The summed E-state index contributed by atoms with van der Waals surface area (Å²) in [5, 5.41) is 0. The van der Waals surface area contributed by atoms with Crippen molar-refractivity contribution in [3.05, 3.63) is 59.7 Å². The number of hydrogen-bond donors (Lipinski definition) is 2. The molecule has 0 aromatic heterocycles. The molecular weight excluding hydrogens is 518 g/mol. The number of halogens is 6. The molecule has 2 aromatic rings. The summed E-state index contributed by atoms with van der Waals surface area (Å²) >= 11 is 0. The van der Waals surface area contributed by atoms with Gasteiger partial charge in [-0.05, 0) is 73.9 Å². The van der Waals surface area contributed by atoms with Gasteiger partial charge < -0.3 is 16.2 Å². The average Bonchev–Trinajstić information content (AvgIpc) is 2.88. The summed E-state index contributed by atoms with van der Waals surface area (Å²) < 4.78 is 89.2. The number of benzene rings is 2. The number of alkyl halides is 6. The second-order valence-electron chi connectivity index (χ2n) is 11.4. The van der Waals surface area contributed by atoms with E-state index in [1.54, 1.807) is 24.3 Å². The molecule has 4 unspecified atom stereocenters. The Labute approximate surface area is 226 Å². The molecule has 2 fully saturated rings. The van der Waals surface area contributed by atoms with Crippen LogP contribution in [0.15, 0.2) is 48.5 Å². The number of anilines is 2. The Morgan fingerprint density at radius 2 is 0.974 bits per heavy atom. The van der Waals surface area contributed by atoms with Crippen molar-refractivity contribution >= 4 is 11.4 Å². The average molecular weight is 557 g/mol. The van der Waals surface area contributed by atoms with Gasteiger partial charge in [0.25, 0.3) is 0 Å². The molecule has 0 heterocycles. The predicted octanol–water partition coefficient (Wildman–Crippen LogP) is 9.05. The first-order valence-corrected chi connectivity index (χ1v) is 13.9. The van der Waals surface area contributed by atoms with Crippen LogP contribution in [0.4, 0.5) is 37.7 Å². The third kappa shape index (κ3) is 7.41. The lowest BCUT2D eigenvalue weighted by Gasteiger charge is -2.54. The quantitative estimate of drug-likeness (QED) is 0.252. The van der Waals surface area contributed by atoms with Crippen LogP contribution in [-0.2, 0) is 4.74 Å². The lowest BCUT2D eigenvalue weighted by molar-refractivity contribution is -0.231.